The van der Waals surface area contributed by atoms with Gasteiger partial charge in [-0.2, -0.15) is 14.9 Å². The quantitative estimate of drug-likeness (QED) is 0.104. The summed E-state index contributed by atoms with van der Waals surface area (Å²) in [6.45, 7) is 5.87. The van der Waals surface area contributed by atoms with Gasteiger partial charge in [0, 0.05) is 63.1 Å². The van der Waals surface area contributed by atoms with E-state index >= 15 is 0 Å². The first-order valence-electron chi connectivity index (χ1n) is 25.0. The summed E-state index contributed by atoms with van der Waals surface area (Å²) in [5, 5.41) is 19.9. The van der Waals surface area contributed by atoms with E-state index in [4.69, 9.17) is 14.6 Å². The van der Waals surface area contributed by atoms with Crippen molar-refractivity contribution in [2.24, 2.45) is 0 Å². The fraction of sp³-hybridized carbons (Fsp3) is 0.0455. The summed E-state index contributed by atoms with van der Waals surface area (Å²) in [6.07, 6.45) is 7.93. The number of anilines is 2. The molecule has 2 aromatic heterocycles. The van der Waals surface area contributed by atoms with Crippen LogP contribution < -0.4 is 20.1 Å². The van der Waals surface area contributed by atoms with Crippen LogP contribution >= 0.6 is 0 Å². The second-order valence-corrected chi connectivity index (χ2v) is 18.4. The van der Waals surface area contributed by atoms with Gasteiger partial charge in [0.25, 0.3) is 17.7 Å². The maximum absolute atomic E-state index is 13.7. The highest BCUT2D eigenvalue weighted by atomic mass is 16.5. The van der Waals surface area contributed by atoms with E-state index in [1.165, 1.54) is 4.68 Å². The van der Waals surface area contributed by atoms with Gasteiger partial charge in [0.2, 0.25) is 0 Å². The number of carbonyl (C=O) groups is 3. The number of ether oxygens (including phenoxy) is 2. The molecule has 0 atom stereocenters. The Balaban J connectivity index is 0.000000179. The molecular formula is C66H52N6O5. The summed E-state index contributed by atoms with van der Waals surface area (Å²) >= 11 is 0. The third kappa shape index (κ3) is 12.7. The first kappa shape index (κ1) is 50.2. The number of hydrogen-bond donors (Lipinski definition) is 3. The van der Waals surface area contributed by atoms with Crippen molar-refractivity contribution in [3.05, 3.63) is 274 Å². The molecule has 2 heterocycles. The number of nitrogens with zero attached hydrogens (tertiary/aromatic N) is 3. The summed E-state index contributed by atoms with van der Waals surface area (Å²) < 4.78 is 13.7. The zero-order valence-corrected chi connectivity index (χ0v) is 42.5. The Hall–Kier alpha value is -10.4. The van der Waals surface area contributed by atoms with Crippen molar-refractivity contribution in [2.45, 2.75) is 20.8 Å². The molecule has 77 heavy (non-hydrogen) atoms. The fourth-order valence-electron chi connectivity index (χ4n) is 8.58. The van der Waals surface area contributed by atoms with Crippen LogP contribution in [-0.4, -0.2) is 37.7 Å². The number of hydrogen-bond acceptors (Lipinski definition) is 7. The number of H-pyrrole nitrogens is 1. The molecular weight excluding hydrogens is 957 g/mol. The van der Waals surface area contributed by atoms with Gasteiger partial charge in [-0.3, -0.25) is 19.5 Å². The van der Waals surface area contributed by atoms with Crippen LogP contribution in [0.25, 0.3) is 46.1 Å². The molecule has 0 bridgehead atoms. The maximum atomic E-state index is 13.7. The van der Waals surface area contributed by atoms with Crippen LogP contribution in [-0.2, 0) is 0 Å². The number of carbonyl (C=O) groups excluding carboxylic acids is 3. The van der Waals surface area contributed by atoms with Crippen LogP contribution in [0.2, 0.25) is 0 Å². The Labute approximate surface area is 445 Å². The number of amides is 2. The van der Waals surface area contributed by atoms with Crippen molar-refractivity contribution >= 4 is 75.2 Å². The second-order valence-electron chi connectivity index (χ2n) is 18.4. The molecule has 0 aliphatic heterocycles. The van der Waals surface area contributed by atoms with Gasteiger partial charge < -0.3 is 20.1 Å². The Morgan fingerprint density at radius 1 is 0.442 bits per heavy atom. The van der Waals surface area contributed by atoms with Crippen LogP contribution in [0.5, 0.6) is 23.0 Å². The van der Waals surface area contributed by atoms with Gasteiger partial charge >= 0.3 is 0 Å². The highest BCUT2D eigenvalue weighted by molar-refractivity contribution is 6.06. The van der Waals surface area contributed by atoms with E-state index in [2.05, 4.69) is 33.0 Å². The number of benzene rings is 9. The van der Waals surface area contributed by atoms with Gasteiger partial charge in [-0.25, -0.2) is 0 Å². The number of fused-ring (bicyclic) bond motifs is 2. The van der Waals surface area contributed by atoms with E-state index in [-0.39, 0.29) is 17.7 Å². The molecule has 3 N–H and O–H groups in total. The standard InChI is InChI=1S/C37H29N3O3.C29H23N3O2/c1-25-9-6-13-28(21-25)36(41)38-30-15-8-16-31(23-30)43-32-18-19-33-34(20-17-27-11-4-3-5-12-27)39-40(35(33)24-32)37(42)29-14-7-10-26(2)22-29;1-20-7-5-10-22(17-20)29(33)30-23-11-6-12-24(18-23)34-25-14-15-26-27(31-32-28(26)19-25)16-13-21-8-3-2-4-9-21/h3-24H,1-2H3,(H,38,41);2-19H,1H3,(H,30,33)(H,31,32)/b20-17+;16-13+. The first-order valence-corrected chi connectivity index (χ1v) is 25.0. The normalized spacial score (nSPS) is 11.1. The summed E-state index contributed by atoms with van der Waals surface area (Å²) in [4.78, 5) is 39.0. The van der Waals surface area contributed by atoms with E-state index in [1.54, 1.807) is 30.3 Å². The lowest BCUT2D eigenvalue weighted by molar-refractivity contribution is 0.0948. The first-order chi connectivity index (χ1) is 37.6. The van der Waals surface area contributed by atoms with Gasteiger partial charge in [0.1, 0.15) is 23.0 Å². The lowest BCUT2D eigenvalue weighted by Crippen LogP contribution is -2.13. The van der Waals surface area contributed by atoms with Gasteiger partial charge in [-0.05, 0) is 129 Å². The predicted octanol–water partition coefficient (Wildman–Crippen LogP) is 15.6. The number of nitrogens with one attached hydrogen (secondary N) is 3. The zero-order valence-electron chi connectivity index (χ0n) is 42.5. The van der Waals surface area contributed by atoms with E-state index in [0.29, 0.717) is 62.3 Å². The topological polar surface area (TPSA) is 140 Å². The van der Waals surface area contributed by atoms with E-state index in [1.807, 2.05) is 221 Å². The van der Waals surface area contributed by atoms with Crippen molar-refractivity contribution < 1.29 is 23.9 Å². The average Bonchev–Trinajstić information content (AvgIpc) is 4.09. The molecule has 376 valence electrons. The molecule has 11 aromatic rings. The molecule has 11 heteroatoms. The van der Waals surface area contributed by atoms with Crippen LogP contribution in [0, 0.1) is 20.8 Å². The van der Waals surface area contributed by atoms with Gasteiger partial charge in [0.05, 0.1) is 22.4 Å². The molecule has 2 amide bonds. The Bertz CT molecular complexity index is 3990. The van der Waals surface area contributed by atoms with Gasteiger partial charge in [-0.1, -0.05) is 138 Å². The molecule has 9 aromatic carbocycles. The van der Waals surface area contributed by atoms with Crippen LogP contribution in [0.4, 0.5) is 11.4 Å². The van der Waals surface area contributed by atoms with E-state index in [9.17, 15) is 14.4 Å². The molecule has 0 radical (unpaired) electrons. The van der Waals surface area contributed by atoms with Crippen LogP contribution in [0.1, 0.15) is 70.3 Å². The molecule has 0 unspecified atom stereocenters. The number of aromatic nitrogens is 4. The highest BCUT2D eigenvalue weighted by Crippen LogP contribution is 2.32. The molecule has 11 rings (SSSR count). The Morgan fingerprint density at radius 2 is 0.909 bits per heavy atom. The number of aromatic amines is 1. The highest BCUT2D eigenvalue weighted by Gasteiger charge is 2.18. The van der Waals surface area contributed by atoms with Crippen molar-refractivity contribution in [2.75, 3.05) is 10.6 Å². The minimum atomic E-state index is -0.230. The summed E-state index contributed by atoms with van der Waals surface area (Å²) in [5.41, 5.74) is 11.3. The maximum Gasteiger partial charge on any atom is 0.278 e. The third-order valence-electron chi connectivity index (χ3n) is 12.4. The number of aryl methyl sites for hydroxylation is 3. The lowest BCUT2D eigenvalue weighted by Gasteiger charge is -2.10. The summed E-state index contributed by atoms with van der Waals surface area (Å²) in [7, 11) is 0. The lowest BCUT2D eigenvalue weighted by atomic mass is 10.1. The minimum absolute atomic E-state index is 0.157. The zero-order chi connectivity index (χ0) is 53.1. The van der Waals surface area contributed by atoms with Crippen LogP contribution in [0.15, 0.2) is 218 Å². The minimum Gasteiger partial charge on any atom is -0.457 e. The number of rotatable bonds is 13. The monoisotopic (exact) mass is 1010 g/mol. The Morgan fingerprint density at radius 3 is 1.45 bits per heavy atom. The van der Waals surface area contributed by atoms with Crippen molar-refractivity contribution in [3.63, 3.8) is 0 Å². The fourth-order valence-corrected chi connectivity index (χ4v) is 8.58. The van der Waals surface area contributed by atoms with Crippen molar-refractivity contribution in [1.29, 1.82) is 0 Å². The molecule has 11 nitrogen and oxygen atoms in total. The average molecular weight is 1010 g/mol. The van der Waals surface area contributed by atoms with Gasteiger partial charge in [0.15, 0.2) is 0 Å². The SMILES string of the molecule is Cc1cccc(C(=O)Nc2cccc(Oc3ccc4c(/C=C/c5ccccc5)n[nH]c4c3)c2)c1.Cc1cccc(C(=O)Nc2cccc(Oc3ccc4c(/C=C/c5ccccc5)nn(C(=O)c5cccc(C)c5)c4c3)c2)c1. The smallest absolute Gasteiger partial charge is 0.278 e. The molecule has 0 aliphatic rings. The molecule has 0 aliphatic carbocycles. The van der Waals surface area contributed by atoms with Gasteiger partial charge in [-0.15, -0.1) is 0 Å². The van der Waals surface area contributed by atoms with Crippen molar-refractivity contribution in [3.8, 4) is 23.0 Å². The summed E-state index contributed by atoms with van der Waals surface area (Å²) in [5.74, 6) is 1.80. The Kier molecular flexibility index (Phi) is 15.1. The molecule has 0 fully saturated rings. The third-order valence-corrected chi connectivity index (χ3v) is 12.4. The second kappa shape index (κ2) is 23.2. The van der Waals surface area contributed by atoms with Crippen LogP contribution in [0.3, 0.4) is 0 Å². The predicted molar refractivity (Wildman–Crippen MR) is 309 cm³/mol. The van der Waals surface area contributed by atoms with E-state index in [0.717, 1.165) is 49.8 Å². The van der Waals surface area contributed by atoms with E-state index < -0.39 is 0 Å². The molecule has 0 spiro atoms. The summed E-state index contributed by atoms with van der Waals surface area (Å²) in [6, 6.07) is 68.4. The molecule has 0 saturated carbocycles. The van der Waals surface area contributed by atoms with Crippen molar-refractivity contribution in [1.82, 2.24) is 20.0 Å². The largest absolute Gasteiger partial charge is 0.457 e. The molecule has 0 saturated heterocycles.